The van der Waals surface area contributed by atoms with Gasteiger partial charge in [0.05, 0.1) is 5.69 Å². The van der Waals surface area contributed by atoms with Gasteiger partial charge < -0.3 is 0 Å². The number of aliphatic imine (C=N–C) groups is 1. The van der Waals surface area contributed by atoms with Crippen LogP contribution in [-0.2, 0) is 6.42 Å². The summed E-state index contributed by atoms with van der Waals surface area (Å²) in [6.45, 7) is 0. The first-order valence-electron chi connectivity index (χ1n) is 3.67. The van der Waals surface area contributed by atoms with Crippen LogP contribution >= 0.6 is 0 Å². The molecule has 0 aromatic heterocycles. The minimum Gasteiger partial charge on any atom is -0.261 e. The van der Waals surface area contributed by atoms with Gasteiger partial charge in [-0.05, 0) is 36.6 Å². The fraction of sp³-hybridized carbons (Fsp3) is 0.222. The van der Waals surface area contributed by atoms with Gasteiger partial charge in [0.1, 0.15) is 5.82 Å². The molecule has 0 aliphatic carbocycles. The number of rotatable bonds is 0. The molecule has 0 radical (unpaired) electrons. The lowest BCUT2D eigenvalue weighted by molar-refractivity contribution is 0.625. The van der Waals surface area contributed by atoms with E-state index in [1.807, 2.05) is 6.21 Å². The van der Waals surface area contributed by atoms with Crippen molar-refractivity contribution in [2.75, 3.05) is 0 Å². The molecular formula is C9H8FN. The predicted octanol–water partition coefficient (Wildman–Crippen LogP) is 2.47. The van der Waals surface area contributed by atoms with Crippen LogP contribution in [0, 0.1) is 5.82 Å². The van der Waals surface area contributed by atoms with Crippen molar-refractivity contribution >= 4 is 11.9 Å². The quantitative estimate of drug-likeness (QED) is 0.537. The molecule has 0 atom stereocenters. The Bertz CT molecular complexity index is 304. The lowest BCUT2D eigenvalue weighted by Gasteiger charge is -2.07. The third-order valence-electron chi connectivity index (χ3n) is 1.81. The molecule has 1 aromatic carbocycles. The van der Waals surface area contributed by atoms with Crippen molar-refractivity contribution in [2.45, 2.75) is 12.8 Å². The summed E-state index contributed by atoms with van der Waals surface area (Å²) in [5.41, 5.74) is 1.94. The number of benzene rings is 1. The van der Waals surface area contributed by atoms with Crippen molar-refractivity contribution in [1.82, 2.24) is 0 Å². The van der Waals surface area contributed by atoms with Crippen LogP contribution in [0.1, 0.15) is 12.0 Å². The summed E-state index contributed by atoms with van der Waals surface area (Å²) in [5.74, 6) is -0.166. The van der Waals surface area contributed by atoms with Gasteiger partial charge in [0, 0.05) is 6.21 Å². The van der Waals surface area contributed by atoms with E-state index in [4.69, 9.17) is 0 Å². The highest BCUT2D eigenvalue weighted by molar-refractivity contribution is 5.68. The van der Waals surface area contributed by atoms with Crippen LogP contribution in [0.5, 0.6) is 0 Å². The lowest BCUT2D eigenvalue weighted by Crippen LogP contribution is -1.93. The molecule has 1 aliphatic heterocycles. The maximum Gasteiger partial charge on any atom is 0.123 e. The molecule has 0 spiro atoms. The van der Waals surface area contributed by atoms with Crippen LogP contribution in [0.4, 0.5) is 10.1 Å². The Balaban J connectivity index is 2.53. The number of hydrogen-bond acceptors (Lipinski definition) is 1. The highest BCUT2D eigenvalue weighted by Crippen LogP contribution is 2.23. The maximum absolute atomic E-state index is 12.6. The van der Waals surface area contributed by atoms with E-state index in [0.717, 1.165) is 24.1 Å². The normalized spacial score (nSPS) is 14.6. The predicted molar refractivity (Wildman–Crippen MR) is 42.9 cm³/mol. The number of fused-ring (bicyclic) bond motifs is 1. The second-order valence-corrected chi connectivity index (χ2v) is 2.62. The van der Waals surface area contributed by atoms with Crippen LogP contribution in [0.2, 0.25) is 0 Å². The summed E-state index contributed by atoms with van der Waals surface area (Å²) in [6.07, 6.45) is 3.72. The molecular weight excluding hydrogens is 141 g/mol. The largest absolute Gasteiger partial charge is 0.261 e. The molecule has 1 aromatic rings. The van der Waals surface area contributed by atoms with E-state index in [9.17, 15) is 4.39 Å². The second kappa shape index (κ2) is 2.46. The van der Waals surface area contributed by atoms with Gasteiger partial charge >= 0.3 is 0 Å². The summed E-state index contributed by atoms with van der Waals surface area (Å²) < 4.78 is 12.6. The zero-order valence-corrected chi connectivity index (χ0v) is 6.05. The molecule has 0 amide bonds. The van der Waals surface area contributed by atoms with Gasteiger partial charge in [0.2, 0.25) is 0 Å². The van der Waals surface area contributed by atoms with Crippen molar-refractivity contribution in [1.29, 1.82) is 0 Å². The second-order valence-electron chi connectivity index (χ2n) is 2.62. The van der Waals surface area contributed by atoms with Gasteiger partial charge in [-0.3, -0.25) is 4.99 Å². The van der Waals surface area contributed by atoms with Crippen LogP contribution in [-0.4, -0.2) is 6.21 Å². The molecule has 0 bridgehead atoms. The SMILES string of the molecule is Fc1ccc2c(c1)CCC=N2. The number of aryl methyl sites for hydroxylation is 1. The molecule has 0 N–H and O–H groups in total. The zero-order valence-electron chi connectivity index (χ0n) is 6.05. The van der Waals surface area contributed by atoms with E-state index in [1.54, 1.807) is 12.1 Å². The average Bonchev–Trinajstić information content (AvgIpc) is 2.04. The first-order chi connectivity index (χ1) is 5.36. The van der Waals surface area contributed by atoms with E-state index in [-0.39, 0.29) is 5.82 Å². The molecule has 1 aliphatic rings. The molecule has 1 nitrogen and oxygen atoms in total. The van der Waals surface area contributed by atoms with Gasteiger partial charge in [-0.25, -0.2) is 4.39 Å². The molecule has 2 rings (SSSR count). The third kappa shape index (κ3) is 1.16. The topological polar surface area (TPSA) is 12.4 Å². The highest BCUT2D eigenvalue weighted by Gasteiger charge is 2.05. The van der Waals surface area contributed by atoms with Gasteiger partial charge in [-0.2, -0.15) is 0 Å². The number of hydrogen-bond donors (Lipinski definition) is 0. The summed E-state index contributed by atoms with van der Waals surface area (Å²) in [4.78, 5) is 4.14. The Kier molecular flexibility index (Phi) is 1.46. The first kappa shape index (κ1) is 6.53. The lowest BCUT2D eigenvalue weighted by atomic mass is 10.1. The van der Waals surface area contributed by atoms with Crippen molar-refractivity contribution in [2.24, 2.45) is 4.99 Å². The van der Waals surface area contributed by atoms with Crippen molar-refractivity contribution < 1.29 is 4.39 Å². The Labute approximate surface area is 64.6 Å². The molecule has 0 unspecified atom stereocenters. The van der Waals surface area contributed by atoms with Gasteiger partial charge in [0.25, 0.3) is 0 Å². The van der Waals surface area contributed by atoms with Crippen LogP contribution in [0.3, 0.4) is 0 Å². The smallest absolute Gasteiger partial charge is 0.123 e. The standard InChI is InChI=1S/C9H8FN/c10-8-3-4-9-7(6-8)2-1-5-11-9/h3-6H,1-2H2. The van der Waals surface area contributed by atoms with Crippen molar-refractivity contribution in [3.63, 3.8) is 0 Å². The summed E-state index contributed by atoms with van der Waals surface area (Å²) in [5, 5.41) is 0. The average molecular weight is 149 g/mol. The Morgan fingerprint density at radius 1 is 1.36 bits per heavy atom. The van der Waals surface area contributed by atoms with Gasteiger partial charge in [-0.1, -0.05) is 0 Å². The molecule has 56 valence electrons. The minimum absolute atomic E-state index is 0.166. The first-order valence-corrected chi connectivity index (χ1v) is 3.67. The Hall–Kier alpha value is -1.18. The van der Waals surface area contributed by atoms with Gasteiger partial charge in [-0.15, -0.1) is 0 Å². The Morgan fingerprint density at radius 3 is 3.18 bits per heavy atom. The van der Waals surface area contributed by atoms with Crippen LogP contribution in [0.25, 0.3) is 0 Å². The van der Waals surface area contributed by atoms with E-state index in [2.05, 4.69) is 4.99 Å². The molecule has 2 heteroatoms. The van der Waals surface area contributed by atoms with Crippen LogP contribution in [0.15, 0.2) is 23.2 Å². The monoisotopic (exact) mass is 149 g/mol. The van der Waals surface area contributed by atoms with Gasteiger partial charge in [0.15, 0.2) is 0 Å². The van der Waals surface area contributed by atoms with E-state index in [0.29, 0.717) is 0 Å². The third-order valence-corrected chi connectivity index (χ3v) is 1.81. The van der Waals surface area contributed by atoms with Crippen LogP contribution < -0.4 is 0 Å². The van der Waals surface area contributed by atoms with Crippen molar-refractivity contribution in [3.8, 4) is 0 Å². The zero-order chi connectivity index (χ0) is 7.68. The molecule has 1 heterocycles. The number of nitrogens with zero attached hydrogens (tertiary/aromatic N) is 1. The minimum atomic E-state index is -0.166. The fourth-order valence-corrected chi connectivity index (χ4v) is 1.26. The number of halogens is 1. The van der Waals surface area contributed by atoms with Crippen molar-refractivity contribution in [3.05, 3.63) is 29.6 Å². The Morgan fingerprint density at radius 2 is 2.27 bits per heavy atom. The van der Waals surface area contributed by atoms with E-state index < -0.39 is 0 Å². The fourth-order valence-electron chi connectivity index (χ4n) is 1.26. The summed E-state index contributed by atoms with van der Waals surface area (Å²) >= 11 is 0. The molecule has 0 saturated heterocycles. The summed E-state index contributed by atoms with van der Waals surface area (Å²) in [6, 6.07) is 4.73. The van der Waals surface area contributed by atoms with E-state index in [1.165, 1.54) is 6.07 Å². The molecule has 0 fully saturated rings. The summed E-state index contributed by atoms with van der Waals surface area (Å²) in [7, 11) is 0. The maximum atomic E-state index is 12.6. The highest BCUT2D eigenvalue weighted by atomic mass is 19.1. The molecule has 0 saturated carbocycles. The molecule has 11 heavy (non-hydrogen) atoms. The van der Waals surface area contributed by atoms with E-state index >= 15 is 0 Å².